The normalized spacial score (nSPS) is 14.7. The van der Waals surface area contributed by atoms with Gasteiger partial charge in [-0.05, 0) is 29.7 Å². The summed E-state index contributed by atoms with van der Waals surface area (Å²) in [6.45, 7) is 3.88. The summed E-state index contributed by atoms with van der Waals surface area (Å²) < 4.78 is 5.71. The quantitative estimate of drug-likeness (QED) is 0.730. The number of fused-ring (bicyclic) bond motifs is 1. The first-order valence-corrected chi connectivity index (χ1v) is 9.30. The molecule has 0 bridgehead atoms. The Labute approximate surface area is 167 Å². The Morgan fingerprint density at radius 3 is 2.15 bits per heavy atom. The van der Waals surface area contributed by atoms with Gasteiger partial charge in [0.1, 0.15) is 18.5 Å². The van der Waals surface area contributed by atoms with Crippen molar-refractivity contribution in [2.24, 2.45) is 0 Å². The van der Waals surface area contributed by atoms with E-state index in [1.807, 2.05) is 38.1 Å². The molecular weight excluding hydrogens is 389 g/mol. The van der Waals surface area contributed by atoms with Crippen LogP contribution < -0.4 is 4.74 Å². The van der Waals surface area contributed by atoms with Crippen LogP contribution >= 0.6 is 23.2 Å². The number of aliphatic hydroxyl groups is 1. The van der Waals surface area contributed by atoms with Crippen molar-refractivity contribution >= 4 is 35.0 Å². The summed E-state index contributed by atoms with van der Waals surface area (Å²) in [6, 6.07) is 10.3. The molecule has 0 radical (unpaired) electrons. The van der Waals surface area contributed by atoms with Crippen molar-refractivity contribution in [3.8, 4) is 5.75 Å². The molecule has 1 N–H and O–H groups in total. The van der Waals surface area contributed by atoms with Gasteiger partial charge in [-0.1, -0.05) is 55.2 Å². The molecular formula is C20H19Cl2NO4. The number of carbonyl (C=O) groups is 2. The smallest absolute Gasteiger partial charge is 0.261 e. The molecule has 3 rings (SSSR count). The minimum atomic E-state index is -1.03. The van der Waals surface area contributed by atoms with E-state index in [0.29, 0.717) is 5.75 Å². The van der Waals surface area contributed by atoms with Crippen LogP contribution in [0.15, 0.2) is 36.4 Å². The summed E-state index contributed by atoms with van der Waals surface area (Å²) in [6.07, 6.45) is -1.03. The zero-order valence-electron chi connectivity index (χ0n) is 14.9. The minimum Gasteiger partial charge on any atom is -0.491 e. The second-order valence-corrected chi connectivity index (χ2v) is 7.50. The van der Waals surface area contributed by atoms with E-state index in [4.69, 9.17) is 27.9 Å². The summed E-state index contributed by atoms with van der Waals surface area (Å²) in [5.41, 5.74) is 1.40. The minimum absolute atomic E-state index is 0.0430. The highest BCUT2D eigenvalue weighted by Crippen LogP contribution is 2.31. The van der Waals surface area contributed by atoms with E-state index < -0.39 is 17.9 Å². The Morgan fingerprint density at radius 2 is 1.59 bits per heavy atom. The Hall–Kier alpha value is -2.08. The van der Waals surface area contributed by atoms with E-state index in [2.05, 4.69) is 0 Å². The van der Waals surface area contributed by atoms with Crippen LogP contribution in [0.25, 0.3) is 0 Å². The van der Waals surface area contributed by atoms with Crippen molar-refractivity contribution in [1.29, 1.82) is 0 Å². The first-order valence-electron chi connectivity index (χ1n) is 8.54. The van der Waals surface area contributed by atoms with Gasteiger partial charge in [0.15, 0.2) is 0 Å². The molecule has 1 atom stereocenters. The molecule has 0 fully saturated rings. The molecule has 27 heavy (non-hydrogen) atoms. The van der Waals surface area contributed by atoms with Gasteiger partial charge in [-0.2, -0.15) is 0 Å². The molecule has 7 heteroatoms. The number of hydrogen-bond donors (Lipinski definition) is 1. The monoisotopic (exact) mass is 407 g/mol. The molecule has 0 unspecified atom stereocenters. The average Bonchev–Trinajstić information content (AvgIpc) is 2.85. The van der Waals surface area contributed by atoms with E-state index in [0.717, 1.165) is 10.5 Å². The number of ether oxygens (including phenoxy) is 1. The number of benzene rings is 2. The average molecular weight is 408 g/mol. The molecule has 2 aromatic carbocycles. The van der Waals surface area contributed by atoms with E-state index in [1.54, 1.807) is 0 Å². The maximum Gasteiger partial charge on any atom is 0.261 e. The van der Waals surface area contributed by atoms with Gasteiger partial charge in [0.25, 0.3) is 11.8 Å². The first kappa shape index (κ1) is 19.7. The van der Waals surface area contributed by atoms with Crippen molar-refractivity contribution in [3.63, 3.8) is 0 Å². The number of para-hydroxylation sites is 1. The molecule has 0 saturated heterocycles. The lowest BCUT2D eigenvalue weighted by atomic mass is 10.0. The maximum absolute atomic E-state index is 12.5. The molecule has 0 aliphatic carbocycles. The Bertz CT molecular complexity index is 857. The van der Waals surface area contributed by atoms with Crippen LogP contribution in [-0.4, -0.2) is 41.1 Å². The van der Waals surface area contributed by atoms with Gasteiger partial charge in [0.2, 0.25) is 0 Å². The third kappa shape index (κ3) is 3.95. The van der Waals surface area contributed by atoms with Crippen LogP contribution in [0.5, 0.6) is 5.75 Å². The number of carbonyl (C=O) groups excluding carboxylic acids is 2. The molecule has 1 aliphatic rings. The van der Waals surface area contributed by atoms with Crippen molar-refractivity contribution in [2.75, 3.05) is 13.2 Å². The summed E-state index contributed by atoms with van der Waals surface area (Å²) in [7, 11) is 0. The second kappa shape index (κ2) is 7.89. The van der Waals surface area contributed by atoms with Gasteiger partial charge in [-0.15, -0.1) is 0 Å². The number of halogens is 2. The van der Waals surface area contributed by atoms with Crippen molar-refractivity contribution in [1.82, 2.24) is 4.90 Å². The largest absolute Gasteiger partial charge is 0.491 e. The van der Waals surface area contributed by atoms with E-state index in [-0.39, 0.29) is 40.2 Å². The van der Waals surface area contributed by atoms with Crippen LogP contribution in [0.3, 0.4) is 0 Å². The second-order valence-electron chi connectivity index (χ2n) is 6.69. The predicted octanol–water partition coefficient (Wildman–Crippen LogP) is 4.15. The van der Waals surface area contributed by atoms with Gasteiger partial charge in [0.05, 0.1) is 27.7 Å². The highest BCUT2D eigenvalue weighted by molar-refractivity contribution is 6.43. The fraction of sp³-hybridized carbons (Fsp3) is 0.300. The van der Waals surface area contributed by atoms with E-state index >= 15 is 0 Å². The molecule has 2 amide bonds. The van der Waals surface area contributed by atoms with Gasteiger partial charge < -0.3 is 9.84 Å². The summed E-state index contributed by atoms with van der Waals surface area (Å²) in [5, 5.41) is 10.7. The SMILES string of the molecule is CC(C)c1ccccc1OC[C@H](O)CN1C(=O)c2cc(Cl)c(Cl)cc2C1=O. The van der Waals surface area contributed by atoms with Crippen LogP contribution in [0.2, 0.25) is 10.0 Å². The van der Waals surface area contributed by atoms with Crippen LogP contribution in [-0.2, 0) is 0 Å². The molecule has 1 aliphatic heterocycles. The molecule has 142 valence electrons. The van der Waals surface area contributed by atoms with E-state index in [9.17, 15) is 14.7 Å². The number of rotatable bonds is 6. The number of nitrogens with zero attached hydrogens (tertiary/aromatic N) is 1. The molecule has 1 heterocycles. The third-order valence-electron chi connectivity index (χ3n) is 4.38. The number of amides is 2. The summed E-state index contributed by atoms with van der Waals surface area (Å²) in [4.78, 5) is 25.9. The predicted molar refractivity (Wildman–Crippen MR) is 104 cm³/mol. The zero-order chi connectivity index (χ0) is 19.7. The van der Waals surface area contributed by atoms with E-state index in [1.165, 1.54) is 12.1 Å². The lowest BCUT2D eigenvalue weighted by molar-refractivity contribution is 0.0455. The number of aliphatic hydroxyl groups excluding tert-OH is 1. The number of hydrogen-bond acceptors (Lipinski definition) is 4. The standard InChI is InChI=1S/C20H19Cl2NO4/c1-11(2)13-5-3-4-6-18(13)27-10-12(24)9-23-19(25)14-7-16(21)17(22)8-15(14)20(23)26/h3-8,11-12,24H,9-10H2,1-2H3/t12-/m1/s1. The summed E-state index contributed by atoms with van der Waals surface area (Å²) >= 11 is 11.9. The van der Waals surface area contributed by atoms with Crippen molar-refractivity contribution in [2.45, 2.75) is 25.9 Å². The van der Waals surface area contributed by atoms with Gasteiger partial charge in [0, 0.05) is 0 Å². The van der Waals surface area contributed by atoms with Crippen molar-refractivity contribution < 1.29 is 19.4 Å². The molecule has 0 aromatic heterocycles. The van der Waals surface area contributed by atoms with Gasteiger partial charge in [-0.3, -0.25) is 14.5 Å². The maximum atomic E-state index is 12.5. The van der Waals surface area contributed by atoms with Gasteiger partial charge >= 0.3 is 0 Å². The van der Waals surface area contributed by atoms with Crippen LogP contribution in [0, 0.1) is 0 Å². The molecule has 2 aromatic rings. The molecule has 5 nitrogen and oxygen atoms in total. The first-order chi connectivity index (χ1) is 12.8. The molecule has 0 spiro atoms. The molecule has 0 saturated carbocycles. The van der Waals surface area contributed by atoms with Crippen molar-refractivity contribution in [3.05, 3.63) is 63.1 Å². The topological polar surface area (TPSA) is 66.8 Å². The number of β-amino-alcohol motifs (C(OH)–C–C–N with tert-alkyl or cyclic N) is 1. The fourth-order valence-electron chi connectivity index (χ4n) is 2.99. The zero-order valence-corrected chi connectivity index (χ0v) is 16.4. The Morgan fingerprint density at radius 1 is 1.04 bits per heavy atom. The fourth-order valence-corrected chi connectivity index (χ4v) is 3.32. The van der Waals surface area contributed by atoms with Crippen LogP contribution in [0.4, 0.5) is 0 Å². The Balaban J connectivity index is 1.68. The third-order valence-corrected chi connectivity index (χ3v) is 5.10. The summed E-state index contributed by atoms with van der Waals surface area (Å²) in [5.74, 6) is -0.0676. The highest BCUT2D eigenvalue weighted by atomic mass is 35.5. The lowest BCUT2D eigenvalue weighted by Crippen LogP contribution is -2.39. The Kier molecular flexibility index (Phi) is 5.75. The lowest BCUT2D eigenvalue weighted by Gasteiger charge is -2.20. The van der Waals surface area contributed by atoms with Crippen LogP contribution in [0.1, 0.15) is 46.0 Å². The number of imide groups is 1. The van der Waals surface area contributed by atoms with Gasteiger partial charge in [-0.25, -0.2) is 0 Å². The highest BCUT2D eigenvalue weighted by Gasteiger charge is 2.37.